The number of rotatable bonds is 4. The molecule has 3 heterocycles. The first-order chi connectivity index (χ1) is 13.5. The van der Waals surface area contributed by atoms with Crippen molar-refractivity contribution in [2.75, 3.05) is 6.54 Å². The minimum absolute atomic E-state index is 0.0616. The number of hydrogen-bond donors (Lipinski definition) is 2. The maximum Gasteiger partial charge on any atom is 0.252 e. The topological polar surface area (TPSA) is 71.8 Å². The second-order valence-electron chi connectivity index (χ2n) is 7.81. The number of fused-ring (bicyclic) bond motifs is 1. The average Bonchev–Trinajstić information content (AvgIpc) is 3.14. The molecule has 3 aromatic rings. The molecule has 0 bridgehead atoms. The fraction of sp³-hybridized carbons (Fsp3) is 0.409. The van der Waals surface area contributed by atoms with Gasteiger partial charge in [0.25, 0.3) is 5.91 Å². The van der Waals surface area contributed by atoms with Crippen LogP contribution in [0, 0.1) is 0 Å². The lowest BCUT2D eigenvalue weighted by atomic mass is 9.99. The van der Waals surface area contributed by atoms with Gasteiger partial charge < -0.3 is 10.6 Å². The lowest BCUT2D eigenvalue weighted by Gasteiger charge is -2.30. The van der Waals surface area contributed by atoms with Gasteiger partial charge in [0.05, 0.1) is 22.8 Å². The second kappa shape index (κ2) is 7.72. The summed E-state index contributed by atoms with van der Waals surface area (Å²) in [5, 5.41) is 12.0. The van der Waals surface area contributed by atoms with Gasteiger partial charge in [-0.15, -0.1) is 0 Å². The van der Waals surface area contributed by atoms with E-state index in [4.69, 9.17) is 4.98 Å². The average molecular weight is 377 g/mol. The van der Waals surface area contributed by atoms with E-state index in [2.05, 4.69) is 36.5 Å². The molecule has 1 aliphatic heterocycles. The SMILES string of the molecule is CC1NCCCC1NC(=O)c1cc(-c2ccccc2)nc2c1cnn2C(C)C. The number of carbonyl (C=O) groups excluding carboxylic acids is 1. The lowest BCUT2D eigenvalue weighted by molar-refractivity contribution is 0.0921. The van der Waals surface area contributed by atoms with Crippen LogP contribution in [0.5, 0.6) is 0 Å². The summed E-state index contributed by atoms with van der Waals surface area (Å²) in [6, 6.07) is 12.4. The molecule has 2 N–H and O–H groups in total. The van der Waals surface area contributed by atoms with Crippen LogP contribution in [-0.2, 0) is 0 Å². The largest absolute Gasteiger partial charge is 0.348 e. The van der Waals surface area contributed by atoms with Crippen LogP contribution in [0.25, 0.3) is 22.3 Å². The van der Waals surface area contributed by atoms with E-state index >= 15 is 0 Å². The highest BCUT2D eigenvalue weighted by Gasteiger charge is 2.25. The van der Waals surface area contributed by atoms with Crippen LogP contribution in [0.15, 0.2) is 42.6 Å². The molecule has 28 heavy (non-hydrogen) atoms. The van der Waals surface area contributed by atoms with Crippen molar-refractivity contribution in [1.82, 2.24) is 25.4 Å². The molecule has 6 nitrogen and oxygen atoms in total. The number of piperidine rings is 1. The van der Waals surface area contributed by atoms with E-state index in [-0.39, 0.29) is 24.0 Å². The Morgan fingerprint density at radius 2 is 2.07 bits per heavy atom. The maximum atomic E-state index is 13.2. The van der Waals surface area contributed by atoms with Gasteiger partial charge in [0.1, 0.15) is 0 Å². The summed E-state index contributed by atoms with van der Waals surface area (Å²) in [6.45, 7) is 7.27. The Kier molecular flexibility index (Phi) is 5.13. The van der Waals surface area contributed by atoms with Gasteiger partial charge >= 0.3 is 0 Å². The smallest absolute Gasteiger partial charge is 0.252 e. The predicted octanol–water partition coefficient (Wildman–Crippen LogP) is 3.55. The molecule has 0 saturated carbocycles. The highest BCUT2D eigenvalue weighted by atomic mass is 16.1. The van der Waals surface area contributed by atoms with Crippen LogP contribution in [0.4, 0.5) is 0 Å². The van der Waals surface area contributed by atoms with Crippen LogP contribution in [0.1, 0.15) is 50.0 Å². The van der Waals surface area contributed by atoms with Crippen molar-refractivity contribution in [1.29, 1.82) is 0 Å². The molecule has 6 heteroatoms. The molecule has 146 valence electrons. The van der Waals surface area contributed by atoms with E-state index in [0.29, 0.717) is 5.56 Å². The van der Waals surface area contributed by atoms with Gasteiger partial charge in [-0.2, -0.15) is 5.10 Å². The van der Waals surface area contributed by atoms with E-state index in [9.17, 15) is 4.79 Å². The third-order valence-electron chi connectivity index (χ3n) is 5.45. The molecule has 4 rings (SSSR count). The zero-order valence-corrected chi connectivity index (χ0v) is 16.6. The number of hydrogen-bond acceptors (Lipinski definition) is 4. The Bertz CT molecular complexity index is 979. The molecule has 0 radical (unpaired) electrons. The standard InChI is InChI=1S/C22H27N5O/c1-14(2)27-21-18(13-24-27)17(12-20(25-21)16-8-5-4-6-9-16)22(28)26-19-10-7-11-23-15(19)3/h4-6,8-9,12-15,19,23H,7,10-11H2,1-3H3,(H,26,28). The lowest BCUT2D eigenvalue weighted by Crippen LogP contribution is -2.51. The van der Waals surface area contributed by atoms with Gasteiger partial charge in [-0.05, 0) is 46.2 Å². The van der Waals surface area contributed by atoms with Crippen LogP contribution in [-0.4, -0.2) is 39.3 Å². The molecular formula is C22H27N5O. The van der Waals surface area contributed by atoms with E-state index in [1.54, 1.807) is 6.20 Å². The molecule has 1 fully saturated rings. The molecule has 1 aromatic carbocycles. The Labute approximate surface area is 165 Å². The molecule has 0 aliphatic carbocycles. The third kappa shape index (κ3) is 3.52. The maximum absolute atomic E-state index is 13.2. The molecule has 2 unspecified atom stereocenters. The first-order valence-corrected chi connectivity index (χ1v) is 10.0. The molecule has 0 spiro atoms. The fourth-order valence-electron chi connectivity index (χ4n) is 3.83. The van der Waals surface area contributed by atoms with Gasteiger partial charge in [-0.25, -0.2) is 9.67 Å². The van der Waals surface area contributed by atoms with Crippen LogP contribution in [0.3, 0.4) is 0 Å². The van der Waals surface area contributed by atoms with Crippen molar-refractivity contribution in [3.63, 3.8) is 0 Å². The number of nitrogens with zero attached hydrogens (tertiary/aromatic N) is 3. The summed E-state index contributed by atoms with van der Waals surface area (Å²) >= 11 is 0. The molecule has 2 aromatic heterocycles. The monoisotopic (exact) mass is 377 g/mol. The van der Waals surface area contributed by atoms with Crippen LogP contribution in [0.2, 0.25) is 0 Å². The van der Waals surface area contributed by atoms with Gasteiger partial charge in [0, 0.05) is 23.7 Å². The molecule has 1 aliphatic rings. The zero-order valence-electron chi connectivity index (χ0n) is 16.6. The number of benzene rings is 1. The zero-order chi connectivity index (χ0) is 19.7. The summed E-state index contributed by atoms with van der Waals surface area (Å²) in [4.78, 5) is 18.1. The highest BCUT2D eigenvalue weighted by molar-refractivity contribution is 6.06. The first kappa shape index (κ1) is 18.6. The van der Waals surface area contributed by atoms with Crippen molar-refractivity contribution >= 4 is 16.9 Å². The number of pyridine rings is 1. The van der Waals surface area contributed by atoms with Gasteiger partial charge in [0.15, 0.2) is 5.65 Å². The summed E-state index contributed by atoms with van der Waals surface area (Å²) < 4.78 is 1.88. The molecular weight excluding hydrogens is 350 g/mol. The Balaban J connectivity index is 1.78. The summed E-state index contributed by atoms with van der Waals surface area (Å²) in [6.07, 6.45) is 3.82. The predicted molar refractivity (Wildman–Crippen MR) is 111 cm³/mol. The molecule has 1 amide bonds. The number of amides is 1. The van der Waals surface area contributed by atoms with Crippen molar-refractivity contribution in [2.24, 2.45) is 0 Å². The van der Waals surface area contributed by atoms with E-state index in [0.717, 1.165) is 41.7 Å². The van der Waals surface area contributed by atoms with Crippen LogP contribution < -0.4 is 10.6 Å². The Morgan fingerprint density at radius 3 is 2.79 bits per heavy atom. The van der Waals surface area contributed by atoms with E-state index in [1.807, 2.05) is 41.1 Å². The normalized spacial score (nSPS) is 19.9. The molecule has 2 atom stereocenters. The summed E-state index contributed by atoms with van der Waals surface area (Å²) in [5.74, 6) is -0.0616. The Hall–Kier alpha value is -2.73. The number of aromatic nitrogens is 3. The number of carbonyl (C=O) groups is 1. The quantitative estimate of drug-likeness (QED) is 0.729. The second-order valence-corrected chi connectivity index (χ2v) is 7.81. The van der Waals surface area contributed by atoms with Gasteiger partial charge in [-0.1, -0.05) is 30.3 Å². The van der Waals surface area contributed by atoms with E-state index in [1.165, 1.54) is 0 Å². The third-order valence-corrected chi connectivity index (χ3v) is 5.45. The van der Waals surface area contributed by atoms with Gasteiger partial charge in [0.2, 0.25) is 0 Å². The Morgan fingerprint density at radius 1 is 1.29 bits per heavy atom. The number of nitrogens with one attached hydrogen (secondary N) is 2. The highest BCUT2D eigenvalue weighted by Crippen LogP contribution is 2.26. The minimum atomic E-state index is -0.0616. The van der Waals surface area contributed by atoms with Crippen molar-refractivity contribution in [3.05, 3.63) is 48.2 Å². The first-order valence-electron chi connectivity index (χ1n) is 10.0. The van der Waals surface area contributed by atoms with Crippen LogP contribution >= 0.6 is 0 Å². The van der Waals surface area contributed by atoms with E-state index < -0.39 is 0 Å². The fourth-order valence-corrected chi connectivity index (χ4v) is 3.83. The summed E-state index contributed by atoms with van der Waals surface area (Å²) in [5.41, 5.74) is 3.16. The summed E-state index contributed by atoms with van der Waals surface area (Å²) in [7, 11) is 0. The minimum Gasteiger partial charge on any atom is -0.348 e. The van der Waals surface area contributed by atoms with Crippen molar-refractivity contribution < 1.29 is 4.79 Å². The van der Waals surface area contributed by atoms with Crippen molar-refractivity contribution in [3.8, 4) is 11.3 Å². The van der Waals surface area contributed by atoms with Crippen molar-refractivity contribution in [2.45, 2.75) is 51.7 Å². The molecule has 1 saturated heterocycles. The van der Waals surface area contributed by atoms with Gasteiger partial charge in [-0.3, -0.25) is 4.79 Å².